The Kier molecular flexibility index (Phi) is 4.20. The van der Waals surface area contributed by atoms with Crippen LogP contribution in [0, 0.1) is 3.57 Å². The van der Waals surface area contributed by atoms with Crippen molar-refractivity contribution >= 4 is 45.8 Å². The van der Waals surface area contributed by atoms with E-state index in [-0.39, 0.29) is 0 Å². The third-order valence-electron chi connectivity index (χ3n) is 2.40. The molecule has 0 bridgehead atoms. The molecule has 6 heteroatoms. The van der Waals surface area contributed by atoms with Crippen molar-refractivity contribution in [3.63, 3.8) is 0 Å². The normalized spacial score (nSPS) is 10.0. The average molecular weight is 369 g/mol. The molecule has 0 fully saturated rings. The Morgan fingerprint density at radius 1 is 1.42 bits per heavy atom. The molecule has 0 aliphatic heterocycles. The van der Waals surface area contributed by atoms with Crippen LogP contribution in [-0.2, 0) is 4.74 Å². The maximum Gasteiger partial charge on any atom is 0.341 e. The van der Waals surface area contributed by atoms with Crippen LogP contribution in [-0.4, -0.2) is 18.1 Å². The summed E-state index contributed by atoms with van der Waals surface area (Å²) < 4.78 is 5.80. The van der Waals surface area contributed by atoms with E-state index >= 15 is 0 Å². The summed E-state index contributed by atoms with van der Waals surface area (Å²) in [7, 11) is 1.32. The lowest BCUT2D eigenvalue weighted by atomic mass is 10.2. The number of rotatable bonds is 3. The molecule has 1 aromatic heterocycles. The first kappa shape index (κ1) is 13.6. The lowest BCUT2D eigenvalue weighted by Crippen LogP contribution is -2.08. The van der Waals surface area contributed by atoms with Gasteiger partial charge in [0, 0.05) is 9.26 Å². The van der Waals surface area contributed by atoms with Crippen LogP contribution >= 0.6 is 22.6 Å². The highest BCUT2D eigenvalue weighted by Crippen LogP contribution is 2.22. The molecule has 0 saturated carbocycles. The molecule has 2 aromatic rings. The third kappa shape index (κ3) is 3.34. The number of anilines is 3. The molecule has 0 unspecified atom stereocenters. The molecule has 1 aromatic carbocycles. The van der Waals surface area contributed by atoms with Crippen molar-refractivity contribution in [3.05, 3.63) is 45.7 Å². The highest BCUT2D eigenvalue weighted by Gasteiger charge is 2.14. The zero-order chi connectivity index (χ0) is 13.8. The molecule has 3 N–H and O–H groups in total. The average Bonchev–Trinajstić information content (AvgIpc) is 2.40. The molecule has 0 aliphatic rings. The summed E-state index contributed by atoms with van der Waals surface area (Å²) in [5, 5.41) is 3.08. The molecule has 0 amide bonds. The highest BCUT2D eigenvalue weighted by molar-refractivity contribution is 14.1. The van der Waals surface area contributed by atoms with Gasteiger partial charge >= 0.3 is 5.97 Å². The van der Waals surface area contributed by atoms with Gasteiger partial charge in [0.1, 0.15) is 11.4 Å². The number of nitrogen functional groups attached to an aromatic ring is 1. The maximum atomic E-state index is 11.7. The van der Waals surface area contributed by atoms with Gasteiger partial charge in [-0.2, -0.15) is 0 Å². The van der Waals surface area contributed by atoms with Crippen molar-refractivity contribution in [2.45, 2.75) is 0 Å². The summed E-state index contributed by atoms with van der Waals surface area (Å²) in [5.74, 6) is -0.0593. The number of carbonyl (C=O) groups is 1. The SMILES string of the molecule is COC(=O)c1cc(N)cnc1Nc1cccc(I)c1. The number of nitrogens with two attached hydrogens (primary N) is 1. The first-order chi connectivity index (χ1) is 9.10. The van der Waals surface area contributed by atoms with Crippen molar-refractivity contribution in [1.82, 2.24) is 4.98 Å². The molecule has 19 heavy (non-hydrogen) atoms. The van der Waals surface area contributed by atoms with Crippen LogP contribution in [0.25, 0.3) is 0 Å². The van der Waals surface area contributed by atoms with E-state index in [0.29, 0.717) is 17.1 Å². The molecule has 2 rings (SSSR count). The largest absolute Gasteiger partial charge is 0.465 e. The van der Waals surface area contributed by atoms with Gasteiger partial charge in [-0.15, -0.1) is 0 Å². The molecule has 1 heterocycles. The van der Waals surface area contributed by atoms with E-state index in [4.69, 9.17) is 10.5 Å². The van der Waals surface area contributed by atoms with Crippen LogP contribution < -0.4 is 11.1 Å². The number of ether oxygens (including phenoxy) is 1. The Labute approximate surface area is 124 Å². The summed E-state index contributed by atoms with van der Waals surface area (Å²) in [6.07, 6.45) is 1.49. The first-order valence-electron chi connectivity index (χ1n) is 5.46. The summed E-state index contributed by atoms with van der Waals surface area (Å²) >= 11 is 2.21. The second-order valence-corrected chi connectivity index (χ2v) is 5.04. The number of nitrogens with one attached hydrogen (secondary N) is 1. The smallest absolute Gasteiger partial charge is 0.341 e. The fourth-order valence-electron chi connectivity index (χ4n) is 1.55. The summed E-state index contributed by atoms with van der Waals surface area (Å²) in [4.78, 5) is 15.8. The van der Waals surface area contributed by atoms with Gasteiger partial charge in [0.05, 0.1) is 19.0 Å². The van der Waals surface area contributed by atoms with Crippen LogP contribution in [0.4, 0.5) is 17.2 Å². The van der Waals surface area contributed by atoms with Gasteiger partial charge in [-0.3, -0.25) is 0 Å². The molecule has 0 spiro atoms. The summed E-state index contributed by atoms with van der Waals surface area (Å²) in [6.45, 7) is 0. The Morgan fingerprint density at radius 2 is 2.21 bits per heavy atom. The fraction of sp³-hybridized carbons (Fsp3) is 0.0769. The predicted molar refractivity (Wildman–Crippen MR) is 82.4 cm³/mol. The topological polar surface area (TPSA) is 77.2 Å². The van der Waals surface area contributed by atoms with Gasteiger partial charge < -0.3 is 15.8 Å². The molecule has 5 nitrogen and oxygen atoms in total. The number of benzene rings is 1. The number of carbonyl (C=O) groups excluding carboxylic acids is 1. The number of halogens is 1. The van der Waals surface area contributed by atoms with Crippen LogP contribution in [0.3, 0.4) is 0 Å². The number of pyridine rings is 1. The van der Waals surface area contributed by atoms with Gasteiger partial charge in [-0.1, -0.05) is 6.07 Å². The van der Waals surface area contributed by atoms with E-state index in [1.165, 1.54) is 19.4 Å². The van der Waals surface area contributed by atoms with E-state index in [0.717, 1.165) is 9.26 Å². The Balaban J connectivity index is 2.37. The van der Waals surface area contributed by atoms with Crippen LogP contribution in [0.15, 0.2) is 36.5 Å². The van der Waals surface area contributed by atoms with E-state index < -0.39 is 5.97 Å². The molecule has 98 valence electrons. The first-order valence-corrected chi connectivity index (χ1v) is 6.54. The van der Waals surface area contributed by atoms with Crippen molar-refractivity contribution in [2.24, 2.45) is 0 Å². The van der Waals surface area contributed by atoms with Crippen LogP contribution in [0.1, 0.15) is 10.4 Å². The van der Waals surface area contributed by atoms with Gasteiger partial charge in [-0.25, -0.2) is 9.78 Å². The zero-order valence-electron chi connectivity index (χ0n) is 10.2. The maximum absolute atomic E-state index is 11.7. The zero-order valence-corrected chi connectivity index (χ0v) is 12.3. The lowest BCUT2D eigenvalue weighted by Gasteiger charge is -2.10. The predicted octanol–water partition coefficient (Wildman–Crippen LogP) is 2.80. The van der Waals surface area contributed by atoms with Crippen molar-refractivity contribution in [1.29, 1.82) is 0 Å². The molecular weight excluding hydrogens is 357 g/mol. The Bertz CT molecular complexity index is 617. The summed E-state index contributed by atoms with van der Waals surface area (Å²) in [6, 6.07) is 9.26. The molecule has 0 saturated heterocycles. The highest BCUT2D eigenvalue weighted by atomic mass is 127. The van der Waals surface area contributed by atoms with E-state index in [9.17, 15) is 4.79 Å². The number of nitrogens with zero attached hydrogens (tertiary/aromatic N) is 1. The minimum Gasteiger partial charge on any atom is -0.465 e. The molecule has 0 aliphatic carbocycles. The minimum atomic E-state index is -0.479. The van der Waals surface area contributed by atoms with E-state index in [1.807, 2.05) is 24.3 Å². The second-order valence-electron chi connectivity index (χ2n) is 3.79. The van der Waals surface area contributed by atoms with Crippen molar-refractivity contribution in [3.8, 4) is 0 Å². The molecule has 0 radical (unpaired) electrons. The molecular formula is C13H12IN3O2. The van der Waals surface area contributed by atoms with Gasteiger partial charge in [0.15, 0.2) is 0 Å². The standard InChI is InChI=1S/C13H12IN3O2/c1-19-13(18)11-6-9(15)7-16-12(11)17-10-4-2-3-8(14)5-10/h2-7H,15H2,1H3,(H,16,17). The van der Waals surface area contributed by atoms with Crippen LogP contribution in [0.2, 0.25) is 0 Å². The summed E-state index contributed by atoms with van der Waals surface area (Å²) in [5.41, 5.74) is 7.20. The fourth-order valence-corrected chi connectivity index (χ4v) is 2.09. The molecule has 0 atom stereocenters. The van der Waals surface area contributed by atoms with Crippen molar-refractivity contribution < 1.29 is 9.53 Å². The monoisotopic (exact) mass is 369 g/mol. The number of methoxy groups -OCH3 is 1. The number of esters is 1. The van der Waals surface area contributed by atoms with E-state index in [2.05, 4.69) is 32.9 Å². The Hall–Kier alpha value is -1.83. The van der Waals surface area contributed by atoms with Crippen molar-refractivity contribution in [2.75, 3.05) is 18.2 Å². The van der Waals surface area contributed by atoms with Gasteiger partial charge in [0.2, 0.25) is 0 Å². The Morgan fingerprint density at radius 3 is 2.89 bits per heavy atom. The number of aromatic nitrogens is 1. The number of hydrogen-bond acceptors (Lipinski definition) is 5. The van der Waals surface area contributed by atoms with Gasteiger partial charge in [0.25, 0.3) is 0 Å². The minimum absolute atomic E-state index is 0.307. The van der Waals surface area contributed by atoms with Gasteiger partial charge in [-0.05, 0) is 46.9 Å². The number of hydrogen-bond donors (Lipinski definition) is 2. The van der Waals surface area contributed by atoms with E-state index in [1.54, 1.807) is 0 Å². The van der Waals surface area contributed by atoms with Crippen LogP contribution in [0.5, 0.6) is 0 Å². The third-order valence-corrected chi connectivity index (χ3v) is 3.07. The second kappa shape index (κ2) is 5.87. The lowest BCUT2D eigenvalue weighted by molar-refractivity contribution is 0.0601. The quantitative estimate of drug-likeness (QED) is 0.643.